The fourth-order valence-corrected chi connectivity index (χ4v) is 2.77. The highest BCUT2D eigenvalue weighted by Gasteiger charge is 2.42. The van der Waals surface area contributed by atoms with Crippen LogP contribution in [0.4, 0.5) is 36.4 Å². The number of rotatable bonds is 4. The zero-order chi connectivity index (χ0) is 19.9. The molecule has 0 aliphatic carbocycles. The Hall–Kier alpha value is -2.34. The van der Waals surface area contributed by atoms with Crippen molar-refractivity contribution in [3.05, 3.63) is 58.7 Å². The normalized spacial score (nSPS) is 12.3. The van der Waals surface area contributed by atoms with Crippen LogP contribution in [0.1, 0.15) is 11.1 Å². The molecule has 0 bridgehead atoms. The van der Waals surface area contributed by atoms with Gasteiger partial charge in [-0.1, -0.05) is 12.1 Å². The van der Waals surface area contributed by atoms with Crippen LogP contribution >= 0.6 is 0 Å². The van der Waals surface area contributed by atoms with E-state index in [0.717, 1.165) is 12.1 Å². The minimum Gasteiger partial charge on any atom is -0.380 e. The fourth-order valence-electron chi connectivity index (χ4n) is 2.10. The Morgan fingerprint density at radius 1 is 0.923 bits per heavy atom. The molecule has 0 aliphatic heterocycles. The third-order valence-corrected chi connectivity index (χ3v) is 4.17. The molecular formula is C14H8F7NO3S. The van der Waals surface area contributed by atoms with Gasteiger partial charge in [0.1, 0.15) is 10.5 Å². The van der Waals surface area contributed by atoms with Crippen molar-refractivity contribution in [2.75, 3.05) is 5.32 Å². The summed E-state index contributed by atoms with van der Waals surface area (Å²) in [7, 11) is -4.75. The van der Waals surface area contributed by atoms with Crippen LogP contribution in [0.3, 0.4) is 0 Å². The van der Waals surface area contributed by atoms with E-state index in [-0.39, 0.29) is 0 Å². The lowest BCUT2D eigenvalue weighted by atomic mass is 10.1. The zero-order valence-corrected chi connectivity index (χ0v) is 13.2. The first-order valence-electron chi connectivity index (χ1n) is 6.58. The number of alkyl halides is 3. The summed E-state index contributed by atoms with van der Waals surface area (Å²) in [5.41, 5.74) is -4.53. The highest BCUT2D eigenvalue weighted by atomic mass is 32.2. The largest absolute Gasteiger partial charge is 0.422 e. The predicted molar refractivity (Wildman–Crippen MR) is 74.9 cm³/mol. The minimum absolute atomic E-state index is 0.394. The molecule has 2 aromatic carbocycles. The smallest absolute Gasteiger partial charge is 0.380 e. The van der Waals surface area contributed by atoms with E-state index < -0.39 is 67.8 Å². The van der Waals surface area contributed by atoms with Gasteiger partial charge < -0.3 is 5.32 Å². The first kappa shape index (κ1) is 20.0. The molecular weight excluding hydrogens is 395 g/mol. The SMILES string of the molecule is O=S(=O)(O)c1ccccc1NCc1c(F)c(F)c(C(F)(F)F)c(F)c1F. The zero-order valence-electron chi connectivity index (χ0n) is 12.3. The molecule has 2 N–H and O–H groups in total. The lowest BCUT2D eigenvalue weighted by Crippen LogP contribution is -2.18. The van der Waals surface area contributed by atoms with Crippen LogP contribution < -0.4 is 5.32 Å². The Bertz CT molecular complexity index is 929. The van der Waals surface area contributed by atoms with Gasteiger partial charge in [0, 0.05) is 12.1 Å². The van der Waals surface area contributed by atoms with Crippen molar-refractivity contribution in [1.29, 1.82) is 0 Å². The molecule has 2 aromatic rings. The standard InChI is InChI=1S/C14H8F7NO3S/c15-10-6(11(16)13(18)9(12(10)17)14(19,20)21)5-22-7-3-1-2-4-8(7)26(23,24)25/h1-4,22H,5H2,(H,23,24,25). The van der Waals surface area contributed by atoms with Crippen LogP contribution in [-0.2, 0) is 22.8 Å². The van der Waals surface area contributed by atoms with Crippen molar-refractivity contribution in [2.24, 2.45) is 0 Å². The van der Waals surface area contributed by atoms with Crippen LogP contribution in [-0.4, -0.2) is 13.0 Å². The van der Waals surface area contributed by atoms with E-state index in [1.54, 1.807) is 0 Å². The third kappa shape index (κ3) is 3.75. The van der Waals surface area contributed by atoms with Crippen LogP contribution in [0.2, 0.25) is 0 Å². The molecule has 12 heteroatoms. The van der Waals surface area contributed by atoms with Crippen molar-refractivity contribution in [3.8, 4) is 0 Å². The van der Waals surface area contributed by atoms with Crippen LogP contribution in [0.5, 0.6) is 0 Å². The number of halogens is 7. The maximum atomic E-state index is 13.8. The van der Waals surface area contributed by atoms with Crippen molar-refractivity contribution < 1.29 is 43.7 Å². The summed E-state index contributed by atoms with van der Waals surface area (Å²) >= 11 is 0. The Kier molecular flexibility index (Phi) is 5.19. The number of hydrogen-bond acceptors (Lipinski definition) is 3. The molecule has 4 nitrogen and oxygen atoms in total. The number of hydrogen-bond donors (Lipinski definition) is 2. The second-order valence-corrected chi connectivity index (χ2v) is 6.32. The highest BCUT2D eigenvalue weighted by molar-refractivity contribution is 7.86. The molecule has 0 aromatic heterocycles. The van der Waals surface area contributed by atoms with E-state index in [4.69, 9.17) is 4.55 Å². The summed E-state index contributed by atoms with van der Waals surface area (Å²) in [6.45, 7) is -1.10. The number of anilines is 1. The molecule has 0 aliphatic rings. The quantitative estimate of drug-likeness (QED) is 0.458. The van der Waals surface area contributed by atoms with Crippen LogP contribution in [0.15, 0.2) is 29.2 Å². The van der Waals surface area contributed by atoms with Crippen molar-refractivity contribution in [3.63, 3.8) is 0 Å². The summed E-state index contributed by atoms with van der Waals surface area (Å²) in [6.07, 6.45) is -5.67. The Labute approximate surface area is 142 Å². The second kappa shape index (κ2) is 6.76. The second-order valence-electron chi connectivity index (χ2n) is 4.93. The molecule has 142 valence electrons. The van der Waals surface area contributed by atoms with Crippen molar-refractivity contribution in [1.82, 2.24) is 0 Å². The first-order chi connectivity index (χ1) is 11.9. The third-order valence-electron chi connectivity index (χ3n) is 3.26. The van der Waals surface area contributed by atoms with Crippen LogP contribution in [0.25, 0.3) is 0 Å². The number of benzene rings is 2. The summed E-state index contributed by atoms with van der Waals surface area (Å²) in [5.74, 6) is -9.83. The van der Waals surface area contributed by atoms with Gasteiger partial charge in [0.15, 0.2) is 23.3 Å². The van der Waals surface area contributed by atoms with Gasteiger partial charge in [0.25, 0.3) is 10.1 Å². The van der Waals surface area contributed by atoms with Crippen LogP contribution in [0, 0.1) is 23.3 Å². The van der Waals surface area contributed by atoms with E-state index >= 15 is 0 Å². The van der Waals surface area contributed by atoms with Gasteiger partial charge in [0.2, 0.25) is 0 Å². The molecule has 2 rings (SSSR count). The summed E-state index contributed by atoms with van der Waals surface area (Å²) in [4.78, 5) is -0.714. The summed E-state index contributed by atoms with van der Waals surface area (Å²) in [5, 5.41) is 2.10. The summed E-state index contributed by atoms with van der Waals surface area (Å²) < 4.78 is 124. The van der Waals surface area contributed by atoms with Crippen molar-refractivity contribution in [2.45, 2.75) is 17.6 Å². The van der Waals surface area contributed by atoms with E-state index in [9.17, 15) is 39.2 Å². The lowest BCUT2D eigenvalue weighted by Gasteiger charge is -2.15. The Morgan fingerprint density at radius 2 is 1.42 bits per heavy atom. The minimum atomic E-state index is -5.67. The van der Waals surface area contributed by atoms with Gasteiger partial charge in [-0.25, -0.2) is 17.6 Å². The highest BCUT2D eigenvalue weighted by Crippen LogP contribution is 2.37. The van der Waals surface area contributed by atoms with E-state index in [1.807, 2.05) is 0 Å². The molecule has 26 heavy (non-hydrogen) atoms. The van der Waals surface area contributed by atoms with Gasteiger partial charge in [-0.2, -0.15) is 21.6 Å². The number of nitrogens with one attached hydrogen (secondary N) is 1. The molecule has 0 heterocycles. The molecule has 0 fully saturated rings. The van der Waals surface area contributed by atoms with E-state index in [0.29, 0.717) is 0 Å². The Morgan fingerprint density at radius 3 is 1.88 bits per heavy atom. The van der Waals surface area contributed by atoms with Gasteiger partial charge in [0.05, 0.1) is 5.69 Å². The van der Waals surface area contributed by atoms with Crippen molar-refractivity contribution >= 4 is 15.8 Å². The first-order valence-corrected chi connectivity index (χ1v) is 8.02. The average molecular weight is 403 g/mol. The average Bonchev–Trinajstić information content (AvgIpc) is 2.51. The maximum absolute atomic E-state index is 13.8. The topological polar surface area (TPSA) is 66.4 Å². The van der Waals surface area contributed by atoms with E-state index in [2.05, 4.69) is 5.32 Å². The van der Waals surface area contributed by atoms with Gasteiger partial charge in [-0.3, -0.25) is 4.55 Å². The molecule has 0 radical (unpaired) electrons. The molecule has 0 saturated carbocycles. The number of para-hydroxylation sites is 1. The molecule has 0 spiro atoms. The van der Waals surface area contributed by atoms with Gasteiger partial charge in [-0.15, -0.1) is 0 Å². The summed E-state index contributed by atoms with van der Waals surface area (Å²) in [6, 6.07) is 4.43. The molecule has 0 amide bonds. The Balaban J connectivity index is 2.48. The lowest BCUT2D eigenvalue weighted by molar-refractivity contribution is -0.143. The molecule has 0 atom stereocenters. The van der Waals surface area contributed by atoms with Gasteiger partial charge >= 0.3 is 6.18 Å². The monoisotopic (exact) mass is 403 g/mol. The molecule has 0 unspecified atom stereocenters. The maximum Gasteiger partial charge on any atom is 0.422 e. The molecule has 0 saturated heterocycles. The fraction of sp³-hybridized carbons (Fsp3) is 0.143. The predicted octanol–water partition coefficient (Wildman–Crippen LogP) is 4.12. The van der Waals surface area contributed by atoms with Gasteiger partial charge in [-0.05, 0) is 12.1 Å². The van der Waals surface area contributed by atoms with E-state index in [1.165, 1.54) is 12.1 Å².